The molecule has 1 aromatic carbocycles. The number of likely N-dealkylation sites (tertiary alicyclic amines) is 1. The molecule has 6 heteroatoms. The Balaban J connectivity index is 1.71. The fourth-order valence-electron chi connectivity index (χ4n) is 3.59. The number of ether oxygens (including phenoxy) is 1. The highest BCUT2D eigenvalue weighted by Crippen LogP contribution is 2.38. The van der Waals surface area contributed by atoms with E-state index in [1.165, 1.54) is 5.56 Å². The predicted molar refractivity (Wildman–Crippen MR) is 95.8 cm³/mol. The van der Waals surface area contributed by atoms with Gasteiger partial charge in [0.05, 0.1) is 29.2 Å². The molecule has 130 valence electrons. The van der Waals surface area contributed by atoms with E-state index in [1.807, 2.05) is 49.0 Å². The number of aromatic nitrogens is 2. The Morgan fingerprint density at radius 1 is 1.33 bits per heavy atom. The molecule has 0 N–H and O–H groups in total. The zero-order chi connectivity index (χ0) is 17.1. The van der Waals surface area contributed by atoms with Crippen LogP contribution in [0.3, 0.4) is 0 Å². The number of nitrogens with zero attached hydrogens (tertiary/aromatic N) is 3. The van der Waals surface area contributed by atoms with E-state index in [1.54, 1.807) is 7.11 Å². The summed E-state index contributed by atoms with van der Waals surface area (Å²) in [6, 6.07) is 10.0. The van der Waals surface area contributed by atoms with Gasteiger partial charge in [-0.3, -0.25) is 9.11 Å². The van der Waals surface area contributed by atoms with Gasteiger partial charge in [-0.05, 0) is 38.4 Å². The molecule has 1 aliphatic rings. The molecule has 2 atom stereocenters. The molecular weight excluding hydrogens is 322 g/mol. The molecular formula is C18H25N3O2S. The Kier molecular flexibility index (Phi) is 5.36. The smallest absolute Gasteiger partial charge is 0.216 e. The first-order valence-corrected chi connectivity index (χ1v) is 9.68. The Morgan fingerprint density at radius 2 is 2.08 bits per heavy atom. The number of benzene rings is 1. The van der Waals surface area contributed by atoms with Gasteiger partial charge in [-0.25, -0.2) is 4.68 Å². The number of methoxy groups -OCH3 is 1. The third kappa shape index (κ3) is 3.39. The lowest BCUT2D eigenvalue weighted by atomic mass is 10.1. The van der Waals surface area contributed by atoms with Gasteiger partial charge in [0.2, 0.25) is 5.88 Å². The Hall–Kier alpha value is -1.66. The van der Waals surface area contributed by atoms with Crippen LogP contribution in [0.2, 0.25) is 0 Å². The second-order valence-corrected chi connectivity index (χ2v) is 7.76. The molecule has 24 heavy (non-hydrogen) atoms. The van der Waals surface area contributed by atoms with Gasteiger partial charge in [-0.2, -0.15) is 5.10 Å². The molecule has 0 amide bonds. The van der Waals surface area contributed by atoms with Gasteiger partial charge in [0.25, 0.3) is 0 Å². The van der Waals surface area contributed by atoms with E-state index in [-0.39, 0.29) is 0 Å². The van der Waals surface area contributed by atoms with Gasteiger partial charge in [0, 0.05) is 30.3 Å². The van der Waals surface area contributed by atoms with Crippen LogP contribution in [0, 0.1) is 6.92 Å². The highest BCUT2D eigenvalue weighted by atomic mass is 32.2. The molecule has 0 spiro atoms. The summed E-state index contributed by atoms with van der Waals surface area (Å²) in [5.74, 6) is 1.50. The van der Waals surface area contributed by atoms with Crippen LogP contribution in [0.5, 0.6) is 5.88 Å². The minimum absolute atomic E-state index is 0.307. The quantitative estimate of drug-likeness (QED) is 0.806. The van der Waals surface area contributed by atoms with Crippen molar-refractivity contribution in [2.24, 2.45) is 7.05 Å². The van der Waals surface area contributed by atoms with Crippen LogP contribution in [0.4, 0.5) is 0 Å². The van der Waals surface area contributed by atoms with Crippen LogP contribution >= 0.6 is 0 Å². The fourth-order valence-corrected chi connectivity index (χ4v) is 4.69. The van der Waals surface area contributed by atoms with Crippen molar-refractivity contribution in [2.75, 3.05) is 26.0 Å². The first-order chi connectivity index (χ1) is 11.6. The highest BCUT2D eigenvalue weighted by molar-refractivity contribution is 7.85. The van der Waals surface area contributed by atoms with Crippen LogP contribution in [-0.2, 0) is 17.8 Å². The molecule has 2 aromatic rings. The van der Waals surface area contributed by atoms with Crippen molar-refractivity contribution in [1.82, 2.24) is 14.7 Å². The molecule has 1 aliphatic heterocycles. The first-order valence-electron chi connectivity index (χ1n) is 8.36. The third-order valence-corrected chi connectivity index (χ3v) is 6.03. The van der Waals surface area contributed by atoms with Gasteiger partial charge in [0.15, 0.2) is 0 Å². The van der Waals surface area contributed by atoms with Gasteiger partial charge in [-0.15, -0.1) is 0 Å². The van der Waals surface area contributed by atoms with Crippen molar-refractivity contribution in [3.05, 3.63) is 41.6 Å². The predicted octanol–water partition coefficient (Wildman–Crippen LogP) is 2.68. The molecule has 0 radical (unpaired) electrons. The lowest BCUT2D eigenvalue weighted by Gasteiger charge is -2.24. The summed E-state index contributed by atoms with van der Waals surface area (Å²) in [6.07, 6.45) is 2.25. The highest BCUT2D eigenvalue weighted by Gasteiger charge is 2.32. The normalized spacial score (nSPS) is 19.5. The first kappa shape index (κ1) is 17.2. The van der Waals surface area contributed by atoms with Crippen LogP contribution < -0.4 is 4.74 Å². The molecule has 0 bridgehead atoms. The number of hydrogen-bond donors (Lipinski definition) is 0. The minimum atomic E-state index is -0.952. The maximum Gasteiger partial charge on any atom is 0.216 e. The summed E-state index contributed by atoms with van der Waals surface area (Å²) in [7, 11) is 2.66. The van der Waals surface area contributed by atoms with E-state index in [0.717, 1.165) is 42.4 Å². The largest absolute Gasteiger partial charge is 0.481 e. The molecule has 3 rings (SSSR count). The molecule has 1 saturated heterocycles. The fraction of sp³-hybridized carbons (Fsp3) is 0.500. The Labute approximate surface area is 146 Å². The summed E-state index contributed by atoms with van der Waals surface area (Å²) in [4.78, 5) is 3.33. The minimum Gasteiger partial charge on any atom is -0.481 e. The van der Waals surface area contributed by atoms with Crippen molar-refractivity contribution in [1.29, 1.82) is 0 Å². The Morgan fingerprint density at radius 3 is 2.79 bits per heavy atom. The van der Waals surface area contributed by atoms with Gasteiger partial charge in [-0.1, -0.05) is 18.2 Å². The van der Waals surface area contributed by atoms with Gasteiger partial charge < -0.3 is 4.74 Å². The van der Waals surface area contributed by atoms with Crippen LogP contribution in [0.15, 0.2) is 35.2 Å². The van der Waals surface area contributed by atoms with Crippen LogP contribution in [0.1, 0.15) is 30.1 Å². The second-order valence-electron chi connectivity index (χ2n) is 6.19. The second kappa shape index (κ2) is 7.49. The average Bonchev–Trinajstić information content (AvgIpc) is 3.16. The van der Waals surface area contributed by atoms with E-state index in [9.17, 15) is 4.21 Å². The maximum atomic E-state index is 12.5. The topological polar surface area (TPSA) is 47.4 Å². The summed E-state index contributed by atoms with van der Waals surface area (Å²) in [6.45, 7) is 3.90. The molecule has 5 nitrogen and oxygen atoms in total. The van der Waals surface area contributed by atoms with Crippen molar-refractivity contribution >= 4 is 10.8 Å². The van der Waals surface area contributed by atoms with Crippen molar-refractivity contribution in [3.63, 3.8) is 0 Å². The molecule has 0 saturated carbocycles. The molecule has 2 unspecified atom stereocenters. The third-order valence-electron chi connectivity index (χ3n) is 4.67. The van der Waals surface area contributed by atoms with Gasteiger partial charge >= 0.3 is 0 Å². The maximum absolute atomic E-state index is 12.5. The number of rotatable bonds is 6. The average molecular weight is 347 g/mol. The zero-order valence-corrected chi connectivity index (χ0v) is 15.4. The zero-order valence-electron chi connectivity index (χ0n) is 14.6. The summed E-state index contributed by atoms with van der Waals surface area (Å²) in [5.41, 5.74) is 2.21. The number of hydrogen-bond acceptors (Lipinski definition) is 4. The summed E-state index contributed by atoms with van der Waals surface area (Å²) < 4.78 is 19.9. The lowest BCUT2D eigenvalue weighted by molar-refractivity contribution is 0.263. The SMILES string of the molecule is COc1c(C2CCCN2CCS(=O)c2ccccc2)c(C)nn1C. The van der Waals surface area contributed by atoms with Crippen LogP contribution in [0.25, 0.3) is 0 Å². The van der Waals surface area contributed by atoms with E-state index < -0.39 is 10.8 Å². The summed E-state index contributed by atoms with van der Waals surface area (Å²) >= 11 is 0. The van der Waals surface area contributed by atoms with Gasteiger partial charge in [0.1, 0.15) is 0 Å². The van der Waals surface area contributed by atoms with E-state index in [4.69, 9.17) is 4.74 Å². The monoisotopic (exact) mass is 347 g/mol. The van der Waals surface area contributed by atoms with E-state index in [0.29, 0.717) is 11.8 Å². The van der Waals surface area contributed by atoms with Crippen molar-refractivity contribution < 1.29 is 8.95 Å². The van der Waals surface area contributed by atoms with Crippen LogP contribution in [-0.4, -0.2) is 44.8 Å². The van der Waals surface area contributed by atoms with Crippen molar-refractivity contribution in [3.8, 4) is 5.88 Å². The molecule has 0 aliphatic carbocycles. The standard InChI is InChI=1S/C18H25N3O2S/c1-14-17(18(23-3)20(2)19-14)16-10-7-11-21(16)12-13-24(22)15-8-5-4-6-9-15/h4-6,8-9,16H,7,10-13H2,1-3H3. The lowest BCUT2D eigenvalue weighted by Crippen LogP contribution is -2.28. The van der Waals surface area contributed by atoms with E-state index in [2.05, 4.69) is 10.00 Å². The summed E-state index contributed by atoms with van der Waals surface area (Å²) in [5, 5.41) is 4.51. The molecule has 1 fully saturated rings. The number of aryl methyl sites for hydroxylation is 2. The van der Waals surface area contributed by atoms with E-state index >= 15 is 0 Å². The molecule has 2 heterocycles. The molecule has 1 aromatic heterocycles. The van der Waals surface area contributed by atoms with Crippen molar-refractivity contribution in [2.45, 2.75) is 30.7 Å². The Bertz CT molecular complexity index is 715.